The first-order valence-corrected chi connectivity index (χ1v) is 8.05. The zero-order valence-electron chi connectivity index (χ0n) is 13.2. The third-order valence-corrected chi connectivity index (χ3v) is 4.39. The van der Waals surface area contributed by atoms with Crippen LogP contribution in [-0.2, 0) is 13.0 Å². The molecule has 114 valence electrons. The van der Waals surface area contributed by atoms with Gasteiger partial charge in [0, 0.05) is 24.7 Å². The van der Waals surface area contributed by atoms with Gasteiger partial charge < -0.3 is 10.4 Å². The predicted octanol–water partition coefficient (Wildman–Crippen LogP) is 2.43. The molecule has 0 unspecified atom stereocenters. The van der Waals surface area contributed by atoms with Crippen LogP contribution in [0.1, 0.15) is 57.3 Å². The minimum Gasteiger partial charge on any atom is -0.389 e. The van der Waals surface area contributed by atoms with Crippen molar-refractivity contribution in [1.29, 1.82) is 0 Å². The Morgan fingerprint density at radius 2 is 2.10 bits per heavy atom. The van der Waals surface area contributed by atoms with E-state index in [0.717, 1.165) is 50.9 Å². The standard InChI is InChI=1S/C16H29N3O/c1-4-10-17-14-6-8-16(20,9-7-14)12-15-11-13(3)18-19(15)5-2/h11,14,17,20H,4-10,12H2,1-3H3. The highest BCUT2D eigenvalue weighted by Gasteiger charge is 2.34. The van der Waals surface area contributed by atoms with Gasteiger partial charge in [-0.3, -0.25) is 4.68 Å². The smallest absolute Gasteiger partial charge is 0.0704 e. The molecule has 4 nitrogen and oxygen atoms in total. The monoisotopic (exact) mass is 279 g/mol. The Bertz CT molecular complexity index is 419. The molecule has 1 fully saturated rings. The topological polar surface area (TPSA) is 50.1 Å². The molecule has 0 spiro atoms. The number of aromatic nitrogens is 2. The molecule has 0 aromatic carbocycles. The van der Waals surface area contributed by atoms with Crippen LogP contribution < -0.4 is 5.32 Å². The van der Waals surface area contributed by atoms with Crippen molar-refractivity contribution < 1.29 is 5.11 Å². The lowest BCUT2D eigenvalue weighted by molar-refractivity contribution is -0.00467. The SMILES string of the molecule is CCCNC1CCC(O)(Cc2cc(C)nn2CC)CC1. The number of nitrogens with one attached hydrogen (secondary N) is 1. The summed E-state index contributed by atoms with van der Waals surface area (Å²) in [5.74, 6) is 0. The van der Waals surface area contributed by atoms with E-state index in [1.807, 2.05) is 11.6 Å². The molecule has 0 atom stereocenters. The van der Waals surface area contributed by atoms with Crippen LogP contribution in [0, 0.1) is 6.92 Å². The molecule has 0 amide bonds. The van der Waals surface area contributed by atoms with Gasteiger partial charge in [-0.1, -0.05) is 6.92 Å². The maximum atomic E-state index is 10.8. The molecular weight excluding hydrogens is 250 g/mol. The van der Waals surface area contributed by atoms with Gasteiger partial charge in [-0.25, -0.2) is 0 Å². The van der Waals surface area contributed by atoms with E-state index in [9.17, 15) is 5.11 Å². The molecule has 0 bridgehead atoms. The molecule has 4 heteroatoms. The second kappa shape index (κ2) is 6.72. The Morgan fingerprint density at radius 1 is 1.40 bits per heavy atom. The zero-order chi connectivity index (χ0) is 14.6. The van der Waals surface area contributed by atoms with Crippen molar-refractivity contribution in [3.8, 4) is 0 Å². The number of hydrogen-bond donors (Lipinski definition) is 2. The van der Waals surface area contributed by atoms with Gasteiger partial charge in [-0.2, -0.15) is 5.10 Å². The summed E-state index contributed by atoms with van der Waals surface area (Å²) >= 11 is 0. The third-order valence-electron chi connectivity index (χ3n) is 4.39. The first-order chi connectivity index (χ1) is 9.56. The third kappa shape index (κ3) is 3.83. The van der Waals surface area contributed by atoms with Crippen molar-refractivity contribution in [2.75, 3.05) is 6.54 Å². The van der Waals surface area contributed by atoms with Crippen LogP contribution in [0.4, 0.5) is 0 Å². The molecule has 1 aromatic heterocycles. The molecule has 0 aliphatic heterocycles. The van der Waals surface area contributed by atoms with Crippen LogP contribution in [0.2, 0.25) is 0 Å². The number of hydrogen-bond acceptors (Lipinski definition) is 3. The Kier molecular flexibility index (Phi) is 5.22. The molecule has 1 aromatic rings. The molecule has 2 N–H and O–H groups in total. The highest BCUT2D eigenvalue weighted by atomic mass is 16.3. The van der Waals surface area contributed by atoms with Gasteiger partial charge in [0.2, 0.25) is 0 Å². The minimum absolute atomic E-state index is 0.538. The maximum absolute atomic E-state index is 10.8. The lowest BCUT2D eigenvalue weighted by Crippen LogP contribution is -2.43. The van der Waals surface area contributed by atoms with Gasteiger partial charge in [-0.15, -0.1) is 0 Å². The first kappa shape index (κ1) is 15.5. The van der Waals surface area contributed by atoms with Gasteiger partial charge in [0.15, 0.2) is 0 Å². The van der Waals surface area contributed by atoms with E-state index in [1.54, 1.807) is 0 Å². The molecule has 1 heterocycles. The van der Waals surface area contributed by atoms with Crippen molar-refractivity contribution in [3.05, 3.63) is 17.5 Å². The van der Waals surface area contributed by atoms with Crippen molar-refractivity contribution in [1.82, 2.24) is 15.1 Å². The predicted molar refractivity (Wildman–Crippen MR) is 81.8 cm³/mol. The fourth-order valence-corrected chi connectivity index (χ4v) is 3.24. The quantitative estimate of drug-likeness (QED) is 0.841. The Labute approximate surface area is 122 Å². The van der Waals surface area contributed by atoms with E-state index in [2.05, 4.69) is 30.3 Å². The largest absolute Gasteiger partial charge is 0.389 e. The van der Waals surface area contributed by atoms with Crippen LogP contribution in [0.5, 0.6) is 0 Å². The highest BCUT2D eigenvalue weighted by Crippen LogP contribution is 2.31. The van der Waals surface area contributed by atoms with Gasteiger partial charge in [0.1, 0.15) is 0 Å². The lowest BCUT2D eigenvalue weighted by atomic mass is 9.79. The molecule has 1 aliphatic carbocycles. The van der Waals surface area contributed by atoms with Crippen LogP contribution in [-0.4, -0.2) is 33.1 Å². The summed E-state index contributed by atoms with van der Waals surface area (Å²) in [6.45, 7) is 8.28. The van der Waals surface area contributed by atoms with Crippen molar-refractivity contribution in [2.24, 2.45) is 0 Å². The summed E-state index contributed by atoms with van der Waals surface area (Å²) in [5.41, 5.74) is 1.68. The second-order valence-electron chi connectivity index (χ2n) is 6.22. The summed E-state index contributed by atoms with van der Waals surface area (Å²) in [7, 11) is 0. The van der Waals surface area contributed by atoms with E-state index in [1.165, 1.54) is 12.1 Å². The summed E-state index contributed by atoms with van der Waals surface area (Å²) in [5, 5.41) is 18.9. The molecule has 0 saturated heterocycles. The van der Waals surface area contributed by atoms with Crippen molar-refractivity contribution >= 4 is 0 Å². The normalized spacial score (nSPS) is 26.9. The maximum Gasteiger partial charge on any atom is 0.0704 e. The summed E-state index contributed by atoms with van der Waals surface area (Å²) in [6.07, 6.45) is 5.86. The summed E-state index contributed by atoms with van der Waals surface area (Å²) < 4.78 is 2.02. The van der Waals surface area contributed by atoms with Crippen molar-refractivity contribution in [3.63, 3.8) is 0 Å². The fourth-order valence-electron chi connectivity index (χ4n) is 3.24. The first-order valence-electron chi connectivity index (χ1n) is 8.05. The number of nitrogens with zero attached hydrogens (tertiary/aromatic N) is 2. The fraction of sp³-hybridized carbons (Fsp3) is 0.812. The van der Waals surface area contributed by atoms with Crippen molar-refractivity contribution in [2.45, 2.75) is 77.5 Å². The Balaban J connectivity index is 1.92. The summed E-state index contributed by atoms with van der Waals surface area (Å²) in [4.78, 5) is 0. The van der Waals surface area contributed by atoms with Gasteiger partial charge >= 0.3 is 0 Å². The molecule has 20 heavy (non-hydrogen) atoms. The highest BCUT2D eigenvalue weighted by molar-refractivity contribution is 5.12. The average Bonchev–Trinajstić information content (AvgIpc) is 2.77. The second-order valence-corrected chi connectivity index (χ2v) is 6.22. The van der Waals surface area contributed by atoms with E-state index in [0.29, 0.717) is 6.04 Å². The molecular formula is C16H29N3O. The lowest BCUT2D eigenvalue weighted by Gasteiger charge is -2.36. The van der Waals surface area contributed by atoms with Gasteiger partial charge in [0.05, 0.1) is 11.3 Å². The minimum atomic E-state index is -0.538. The number of aryl methyl sites for hydroxylation is 2. The van der Waals surface area contributed by atoms with Crippen LogP contribution in [0.25, 0.3) is 0 Å². The molecule has 1 saturated carbocycles. The van der Waals surface area contributed by atoms with E-state index < -0.39 is 5.60 Å². The van der Waals surface area contributed by atoms with Gasteiger partial charge in [0.25, 0.3) is 0 Å². The Hall–Kier alpha value is -0.870. The Morgan fingerprint density at radius 3 is 2.70 bits per heavy atom. The molecule has 0 radical (unpaired) electrons. The number of rotatable bonds is 6. The molecule has 1 aliphatic rings. The van der Waals surface area contributed by atoms with E-state index in [4.69, 9.17) is 0 Å². The van der Waals surface area contributed by atoms with Crippen LogP contribution >= 0.6 is 0 Å². The number of aliphatic hydroxyl groups is 1. The average molecular weight is 279 g/mol. The van der Waals surface area contributed by atoms with E-state index in [-0.39, 0.29) is 0 Å². The summed E-state index contributed by atoms with van der Waals surface area (Å²) in [6, 6.07) is 2.70. The molecule has 2 rings (SSSR count). The van der Waals surface area contributed by atoms with E-state index >= 15 is 0 Å². The van der Waals surface area contributed by atoms with Crippen LogP contribution in [0.3, 0.4) is 0 Å². The van der Waals surface area contributed by atoms with Crippen LogP contribution in [0.15, 0.2) is 6.07 Å². The zero-order valence-corrected chi connectivity index (χ0v) is 13.2. The van der Waals surface area contributed by atoms with Gasteiger partial charge in [-0.05, 0) is 58.6 Å².